The molecule has 0 spiro atoms. The summed E-state index contributed by atoms with van der Waals surface area (Å²) in [5.41, 5.74) is 0.532. The van der Waals surface area contributed by atoms with Gasteiger partial charge in [0.05, 0.1) is 24.1 Å². The van der Waals surface area contributed by atoms with Gasteiger partial charge in [0.25, 0.3) is 0 Å². The van der Waals surface area contributed by atoms with Gasteiger partial charge in [-0.25, -0.2) is 4.98 Å². The Labute approximate surface area is 88.7 Å². The lowest BCUT2D eigenvalue weighted by molar-refractivity contribution is -0.126. The van der Waals surface area contributed by atoms with Crippen LogP contribution in [0.5, 0.6) is 0 Å². The molecule has 1 saturated heterocycles. The van der Waals surface area contributed by atoms with E-state index in [0.717, 1.165) is 25.1 Å². The summed E-state index contributed by atoms with van der Waals surface area (Å²) in [4.78, 5) is 18.7. The van der Waals surface area contributed by atoms with Gasteiger partial charge in [-0.2, -0.15) is 0 Å². The largest absolute Gasteiger partial charge is 0.349 e. The zero-order valence-corrected chi connectivity index (χ0v) is 8.84. The lowest BCUT2D eigenvalue weighted by atomic mass is 9.99. The van der Waals surface area contributed by atoms with Gasteiger partial charge in [-0.05, 0) is 26.3 Å². The third-order valence-corrected chi connectivity index (χ3v) is 2.86. The minimum Gasteiger partial charge on any atom is -0.349 e. The molecule has 0 radical (unpaired) electrons. The number of amides is 1. The molecular formula is C10H16N4O. The van der Waals surface area contributed by atoms with E-state index in [1.165, 1.54) is 0 Å². The Morgan fingerprint density at radius 1 is 1.73 bits per heavy atom. The smallest absolute Gasteiger partial charge is 0.240 e. The zero-order valence-electron chi connectivity index (χ0n) is 8.84. The fourth-order valence-electron chi connectivity index (χ4n) is 1.84. The van der Waals surface area contributed by atoms with Crippen LogP contribution >= 0.6 is 0 Å². The maximum absolute atomic E-state index is 11.9. The van der Waals surface area contributed by atoms with E-state index in [0.29, 0.717) is 6.54 Å². The van der Waals surface area contributed by atoms with Gasteiger partial charge in [-0.1, -0.05) is 0 Å². The van der Waals surface area contributed by atoms with E-state index in [9.17, 15) is 4.79 Å². The third kappa shape index (κ3) is 2.18. The van der Waals surface area contributed by atoms with Crippen molar-refractivity contribution in [2.24, 2.45) is 0 Å². The molecule has 0 aliphatic carbocycles. The van der Waals surface area contributed by atoms with Crippen LogP contribution < -0.4 is 10.6 Å². The number of aromatic amines is 1. The molecule has 5 heteroatoms. The first kappa shape index (κ1) is 10.2. The molecule has 3 N–H and O–H groups in total. The molecule has 2 heterocycles. The molecule has 1 atom stereocenters. The lowest BCUT2D eigenvalue weighted by Gasteiger charge is -2.22. The molecule has 1 aromatic heterocycles. The predicted molar refractivity (Wildman–Crippen MR) is 56.1 cm³/mol. The normalized spacial score (nSPS) is 25.4. The molecule has 5 nitrogen and oxygen atoms in total. The number of nitrogens with zero attached hydrogens (tertiary/aromatic N) is 1. The molecule has 15 heavy (non-hydrogen) atoms. The summed E-state index contributed by atoms with van der Waals surface area (Å²) in [5.74, 6) is 0.0644. The lowest BCUT2D eigenvalue weighted by Crippen LogP contribution is -2.50. The number of hydrogen-bond acceptors (Lipinski definition) is 3. The van der Waals surface area contributed by atoms with Crippen molar-refractivity contribution in [3.05, 3.63) is 18.2 Å². The number of imidazole rings is 1. The van der Waals surface area contributed by atoms with Crippen molar-refractivity contribution in [3.63, 3.8) is 0 Å². The van der Waals surface area contributed by atoms with Gasteiger partial charge < -0.3 is 15.6 Å². The first-order valence-electron chi connectivity index (χ1n) is 5.21. The van der Waals surface area contributed by atoms with Gasteiger partial charge >= 0.3 is 0 Å². The van der Waals surface area contributed by atoms with Crippen LogP contribution in [0.25, 0.3) is 0 Å². The van der Waals surface area contributed by atoms with Crippen molar-refractivity contribution in [1.82, 2.24) is 20.6 Å². The highest BCUT2D eigenvalue weighted by molar-refractivity contribution is 5.86. The molecule has 82 valence electrons. The molecule has 1 aromatic rings. The highest BCUT2D eigenvalue weighted by Gasteiger charge is 2.35. The molecule has 1 unspecified atom stereocenters. The fraction of sp³-hybridized carbons (Fsp3) is 0.600. The monoisotopic (exact) mass is 208 g/mol. The Morgan fingerprint density at radius 3 is 3.20 bits per heavy atom. The fourth-order valence-corrected chi connectivity index (χ4v) is 1.84. The van der Waals surface area contributed by atoms with E-state index < -0.39 is 0 Å². The SMILES string of the molecule is CC1(C(=O)NCc2cnc[nH]2)CCCN1. The van der Waals surface area contributed by atoms with E-state index >= 15 is 0 Å². The van der Waals surface area contributed by atoms with Crippen LogP contribution in [-0.2, 0) is 11.3 Å². The van der Waals surface area contributed by atoms with Gasteiger partial charge in [0.15, 0.2) is 0 Å². The summed E-state index contributed by atoms with van der Waals surface area (Å²) in [6.07, 6.45) is 5.29. The Morgan fingerprint density at radius 2 is 2.60 bits per heavy atom. The summed E-state index contributed by atoms with van der Waals surface area (Å²) in [6.45, 7) is 3.38. The molecule has 1 aliphatic rings. The molecule has 1 fully saturated rings. The van der Waals surface area contributed by atoms with Gasteiger partial charge in [-0.3, -0.25) is 4.79 Å². The minimum atomic E-state index is -0.389. The summed E-state index contributed by atoms with van der Waals surface area (Å²) in [6, 6.07) is 0. The molecular weight excluding hydrogens is 192 g/mol. The minimum absolute atomic E-state index is 0.0644. The van der Waals surface area contributed by atoms with Crippen molar-refractivity contribution < 1.29 is 4.79 Å². The quantitative estimate of drug-likeness (QED) is 0.663. The van der Waals surface area contributed by atoms with Crippen LogP contribution in [-0.4, -0.2) is 28.0 Å². The van der Waals surface area contributed by atoms with Crippen molar-refractivity contribution >= 4 is 5.91 Å². The summed E-state index contributed by atoms with van der Waals surface area (Å²) in [7, 11) is 0. The Kier molecular flexibility index (Phi) is 2.73. The second kappa shape index (κ2) is 4.02. The standard InChI is InChI=1S/C10H16N4O/c1-10(3-2-4-14-10)9(15)12-6-8-5-11-7-13-8/h5,7,14H,2-4,6H2,1H3,(H,11,13)(H,12,15). The van der Waals surface area contributed by atoms with Crippen molar-refractivity contribution in [1.29, 1.82) is 0 Å². The Hall–Kier alpha value is -1.36. The third-order valence-electron chi connectivity index (χ3n) is 2.86. The van der Waals surface area contributed by atoms with Crippen LogP contribution in [0.2, 0.25) is 0 Å². The molecule has 1 aliphatic heterocycles. The summed E-state index contributed by atoms with van der Waals surface area (Å²) < 4.78 is 0. The highest BCUT2D eigenvalue weighted by atomic mass is 16.2. The number of hydrogen-bond donors (Lipinski definition) is 3. The Balaban J connectivity index is 1.87. The molecule has 0 saturated carbocycles. The van der Waals surface area contributed by atoms with E-state index in [1.807, 2.05) is 6.92 Å². The van der Waals surface area contributed by atoms with E-state index in [1.54, 1.807) is 12.5 Å². The number of H-pyrrole nitrogens is 1. The topological polar surface area (TPSA) is 69.8 Å². The first-order chi connectivity index (χ1) is 7.21. The van der Waals surface area contributed by atoms with E-state index in [4.69, 9.17) is 0 Å². The second-order valence-electron chi connectivity index (χ2n) is 4.12. The van der Waals surface area contributed by atoms with E-state index in [2.05, 4.69) is 20.6 Å². The van der Waals surface area contributed by atoms with Crippen molar-refractivity contribution in [2.45, 2.75) is 31.8 Å². The van der Waals surface area contributed by atoms with Gasteiger partial charge in [0, 0.05) is 6.20 Å². The molecule has 0 aromatic carbocycles. The number of rotatable bonds is 3. The molecule has 2 rings (SSSR count). The summed E-state index contributed by atoms with van der Waals surface area (Å²) >= 11 is 0. The van der Waals surface area contributed by atoms with Crippen LogP contribution in [0.1, 0.15) is 25.5 Å². The van der Waals surface area contributed by atoms with Crippen molar-refractivity contribution in [3.8, 4) is 0 Å². The first-order valence-corrected chi connectivity index (χ1v) is 5.21. The van der Waals surface area contributed by atoms with Crippen LogP contribution in [0.15, 0.2) is 12.5 Å². The zero-order chi connectivity index (χ0) is 10.7. The summed E-state index contributed by atoms with van der Waals surface area (Å²) in [5, 5.41) is 6.12. The molecule has 1 amide bonds. The number of carbonyl (C=O) groups excluding carboxylic acids is 1. The van der Waals surface area contributed by atoms with Crippen molar-refractivity contribution in [2.75, 3.05) is 6.54 Å². The second-order valence-corrected chi connectivity index (χ2v) is 4.12. The Bertz CT molecular complexity index is 327. The van der Waals surface area contributed by atoms with Crippen LogP contribution in [0.3, 0.4) is 0 Å². The number of aromatic nitrogens is 2. The average Bonchev–Trinajstić information content (AvgIpc) is 2.85. The highest BCUT2D eigenvalue weighted by Crippen LogP contribution is 2.18. The van der Waals surface area contributed by atoms with E-state index in [-0.39, 0.29) is 11.4 Å². The number of carbonyl (C=O) groups is 1. The van der Waals surface area contributed by atoms with Gasteiger partial charge in [0.1, 0.15) is 0 Å². The maximum Gasteiger partial charge on any atom is 0.240 e. The van der Waals surface area contributed by atoms with Crippen LogP contribution in [0, 0.1) is 0 Å². The molecule has 0 bridgehead atoms. The predicted octanol–water partition coefficient (Wildman–Crippen LogP) is 0.168. The van der Waals surface area contributed by atoms with Gasteiger partial charge in [0.2, 0.25) is 5.91 Å². The maximum atomic E-state index is 11.9. The average molecular weight is 208 g/mol. The number of nitrogens with one attached hydrogen (secondary N) is 3. The van der Waals surface area contributed by atoms with Gasteiger partial charge in [-0.15, -0.1) is 0 Å². The van der Waals surface area contributed by atoms with Crippen LogP contribution in [0.4, 0.5) is 0 Å².